The van der Waals surface area contributed by atoms with Crippen molar-refractivity contribution in [2.45, 2.75) is 20.3 Å². The van der Waals surface area contributed by atoms with E-state index < -0.39 is 6.43 Å². The maximum absolute atomic E-state index is 12.6. The summed E-state index contributed by atoms with van der Waals surface area (Å²) in [6.07, 6.45) is -1.15. The summed E-state index contributed by atoms with van der Waals surface area (Å²) in [7, 11) is 0. The number of hydrogen-bond acceptors (Lipinski definition) is 3. The average molecular weight is 251 g/mol. The number of carbonyl (C=O) groups excluding carboxylic acids is 1. The number of aryl methyl sites for hydroxylation is 1. The van der Waals surface area contributed by atoms with Gasteiger partial charge in [0.1, 0.15) is 5.69 Å². The maximum Gasteiger partial charge on any atom is 0.282 e. The molecule has 0 amide bonds. The topological polar surface area (TPSA) is 47.8 Å². The van der Waals surface area contributed by atoms with Crippen LogP contribution >= 0.6 is 0 Å². The molecule has 18 heavy (non-hydrogen) atoms. The third-order valence-electron chi connectivity index (χ3n) is 2.50. The van der Waals surface area contributed by atoms with Gasteiger partial charge in [0.25, 0.3) is 6.43 Å². The SMILES string of the molecule is CC(=O)c1cccnc1-n1nc(C(F)F)cc1C. The van der Waals surface area contributed by atoms with Crippen molar-refractivity contribution in [2.24, 2.45) is 0 Å². The highest BCUT2D eigenvalue weighted by Crippen LogP contribution is 2.21. The van der Waals surface area contributed by atoms with Gasteiger partial charge in [-0.25, -0.2) is 18.4 Å². The molecule has 0 aliphatic carbocycles. The van der Waals surface area contributed by atoms with Crippen LogP contribution in [0.15, 0.2) is 24.4 Å². The second kappa shape index (κ2) is 4.64. The number of alkyl halides is 2. The Labute approximate surface area is 102 Å². The zero-order valence-electron chi connectivity index (χ0n) is 9.89. The van der Waals surface area contributed by atoms with Gasteiger partial charge in [0.15, 0.2) is 11.6 Å². The molecule has 0 aliphatic heterocycles. The normalized spacial score (nSPS) is 10.9. The van der Waals surface area contributed by atoms with Crippen LogP contribution in [0.4, 0.5) is 8.78 Å². The molecule has 0 radical (unpaired) electrons. The molecule has 4 nitrogen and oxygen atoms in total. The fourth-order valence-electron chi connectivity index (χ4n) is 1.66. The molecular formula is C12H11F2N3O. The first-order valence-corrected chi connectivity index (χ1v) is 5.31. The van der Waals surface area contributed by atoms with Crippen molar-refractivity contribution in [3.8, 4) is 5.82 Å². The van der Waals surface area contributed by atoms with Crippen LogP contribution in [0, 0.1) is 6.92 Å². The standard InChI is InChI=1S/C12H11F2N3O/c1-7-6-10(11(13)14)16-17(7)12-9(8(2)18)4-3-5-15-12/h3-6,11H,1-2H3. The second-order valence-corrected chi connectivity index (χ2v) is 3.85. The van der Waals surface area contributed by atoms with Crippen molar-refractivity contribution in [1.29, 1.82) is 0 Å². The van der Waals surface area contributed by atoms with Crippen molar-refractivity contribution in [2.75, 3.05) is 0 Å². The number of Topliss-reactive ketones (excluding diaryl/α,β-unsaturated/α-hetero) is 1. The number of halogens is 2. The molecule has 0 atom stereocenters. The molecule has 0 spiro atoms. The Balaban J connectivity index is 2.58. The number of carbonyl (C=O) groups is 1. The quantitative estimate of drug-likeness (QED) is 0.788. The summed E-state index contributed by atoms with van der Waals surface area (Å²) in [4.78, 5) is 15.5. The highest BCUT2D eigenvalue weighted by molar-refractivity contribution is 5.96. The fraction of sp³-hybridized carbons (Fsp3) is 0.250. The Morgan fingerprint density at radius 2 is 2.17 bits per heavy atom. The number of aromatic nitrogens is 3. The predicted molar refractivity (Wildman–Crippen MR) is 61.1 cm³/mol. The van der Waals surface area contributed by atoms with E-state index >= 15 is 0 Å². The highest BCUT2D eigenvalue weighted by Gasteiger charge is 2.17. The lowest BCUT2D eigenvalue weighted by Gasteiger charge is -2.07. The number of nitrogens with zero attached hydrogens (tertiary/aromatic N) is 3. The van der Waals surface area contributed by atoms with Crippen LogP contribution in [-0.4, -0.2) is 20.5 Å². The first kappa shape index (κ1) is 12.3. The zero-order valence-corrected chi connectivity index (χ0v) is 9.89. The Hall–Kier alpha value is -2.11. The van der Waals surface area contributed by atoms with Crippen molar-refractivity contribution in [3.05, 3.63) is 41.3 Å². The third-order valence-corrected chi connectivity index (χ3v) is 2.50. The van der Waals surface area contributed by atoms with Gasteiger partial charge < -0.3 is 0 Å². The molecule has 6 heteroatoms. The minimum atomic E-state index is -2.64. The van der Waals surface area contributed by atoms with Crippen molar-refractivity contribution in [1.82, 2.24) is 14.8 Å². The Kier molecular flexibility index (Phi) is 3.18. The second-order valence-electron chi connectivity index (χ2n) is 3.85. The van der Waals surface area contributed by atoms with Crippen LogP contribution in [-0.2, 0) is 0 Å². The smallest absolute Gasteiger partial charge is 0.282 e. The molecule has 0 saturated heterocycles. The fourth-order valence-corrected chi connectivity index (χ4v) is 1.66. The molecule has 2 rings (SSSR count). The van der Waals surface area contributed by atoms with E-state index in [0.717, 1.165) is 0 Å². The molecule has 2 aromatic heterocycles. The number of ketones is 1. The minimum Gasteiger partial charge on any atom is -0.294 e. The summed E-state index contributed by atoms with van der Waals surface area (Å²) < 4.78 is 26.4. The van der Waals surface area contributed by atoms with E-state index in [1.165, 1.54) is 23.9 Å². The van der Waals surface area contributed by atoms with E-state index in [9.17, 15) is 13.6 Å². The van der Waals surface area contributed by atoms with Crippen LogP contribution < -0.4 is 0 Å². The number of rotatable bonds is 3. The van der Waals surface area contributed by atoms with Gasteiger partial charge in [-0.2, -0.15) is 5.10 Å². The van der Waals surface area contributed by atoms with Crippen LogP contribution in [0.3, 0.4) is 0 Å². The molecule has 0 bridgehead atoms. The van der Waals surface area contributed by atoms with Crippen LogP contribution in [0.5, 0.6) is 0 Å². The lowest BCUT2D eigenvalue weighted by molar-refractivity contribution is 0.101. The molecule has 0 aliphatic rings. The first-order chi connectivity index (χ1) is 8.50. The molecule has 94 valence electrons. The van der Waals surface area contributed by atoms with E-state index in [4.69, 9.17) is 0 Å². The van der Waals surface area contributed by atoms with Gasteiger partial charge in [-0.3, -0.25) is 4.79 Å². The van der Waals surface area contributed by atoms with Gasteiger partial charge in [0.05, 0.1) is 5.56 Å². The lowest BCUT2D eigenvalue weighted by Crippen LogP contribution is -2.08. The van der Waals surface area contributed by atoms with Crippen molar-refractivity contribution < 1.29 is 13.6 Å². The summed E-state index contributed by atoms with van der Waals surface area (Å²) in [6, 6.07) is 4.49. The van der Waals surface area contributed by atoms with Gasteiger partial charge in [0.2, 0.25) is 0 Å². The Morgan fingerprint density at radius 3 is 2.72 bits per heavy atom. The number of pyridine rings is 1. The molecule has 2 heterocycles. The summed E-state index contributed by atoms with van der Waals surface area (Å²) in [5.41, 5.74) is 0.531. The highest BCUT2D eigenvalue weighted by atomic mass is 19.3. The van der Waals surface area contributed by atoms with E-state index in [1.807, 2.05) is 0 Å². The predicted octanol–water partition coefficient (Wildman–Crippen LogP) is 2.72. The van der Waals surface area contributed by atoms with Gasteiger partial charge in [-0.15, -0.1) is 0 Å². The maximum atomic E-state index is 12.6. The molecule has 0 saturated carbocycles. The molecule has 2 aromatic rings. The Morgan fingerprint density at radius 1 is 1.44 bits per heavy atom. The van der Waals surface area contributed by atoms with E-state index in [2.05, 4.69) is 10.1 Å². The van der Waals surface area contributed by atoms with Gasteiger partial charge in [-0.1, -0.05) is 0 Å². The van der Waals surface area contributed by atoms with Gasteiger partial charge >= 0.3 is 0 Å². The molecule has 0 N–H and O–H groups in total. The molecule has 0 unspecified atom stereocenters. The van der Waals surface area contributed by atoms with Crippen LogP contribution in [0.2, 0.25) is 0 Å². The van der Waals surface area contributed by atoms with E-state index in [0.29, 0.717) is 11.3 Å². The molecule has 0 fully saturated rings. The Bertz CT molecular complexity index is 593. The van der Waals surface area contributed by atoms with Crippen LogP contribution in [0.1, 0.15) is 35.1 Å². The largest absolute Gasteiger partial charge is 0.294 e. The van der Waals surface area contributed by atoms with Crippen molar-refractivity contribution >= 4 is 5.78 Å². The van der Waals surface area contributed by atoms with E-state index in [1.54, 1.807) is 19.1 Å². The summed E-state index contributed by atoms with van der Waals surface area (Å²) >= 11 is 0. The van der Waals surface area contributed by atoms with E-state index in [-0.39, 0.29) is 17.3 Å². The van der Waals surface area contributed by atoms with Crippen LogP contribution in [0.25, 0.3) is 5.82 Å². The minimum absolute atomic E-state index is 0.188. The number of hydrogen-bond donors (Lipinski definition) is 0. The summed E-state index contributed by atoms with van der Waals surface area (Å²) in [6.45, 7) is 3.03. The third kappa shape index (κ3) is 2.13. The summed E-state index contributed by atoms with van der Waals surface area (Å²) in [5.74, 6) is 0.0843. The van der Waals surface area contributed by atoms with Gasteiger partial charge in [0, 0.05) is 11.9 Å². The first-order valence-electron chi connectivity index (χ1n) is 5.31. The van der Waals surface area contributed by atoms with Gasteiger partial charge in [-0.05, 0) is 32.0 Å². The lowest BCUT2D eigenvalue weighted by atomic mass is 10.2. The summed E-state index contributed by atoms with van der Waals surface area (Å²) in [5, 5.41) is 3.77. The zero-order chi connectivity index (χ0) is 13.3. The monoisotopic (exact) mass is 251 g/mol. The van der Waals surface area contributed by atoms with Crippen molar-refractivity contribution in [3.63, 3.8) is 0 Å². The average Bonchev–Trinajstić information content (AvgIpc) is 2.71. The molecular weight excluding hydrogens is 240 g/mol. The molecule has 0 aromatic carbocycles.